The van der Waals surface area contributed by atoms with E-state index in [0.29, 0.717) is 5.92 Å². The van der Waals surface area contributed by atoms with Crippen LogP contribution >= 0.6 is 0 Å². The van der Waals surface area contributed by atoms with Crippen molar-refractivity contribution in [2.75, 3.05) is 6.54 Å². The maximum absolute atomic E-state index is 12.8. The second kappa shape index (κ2) is 9.04. The molecule has 0 spiro atoms. The third-order valence-corrected chi connectivity index (χ3v) is 5.92. The summed E-state index contributed by atoms with van der Waals surface area (Å²) in [5, 5.41) is 4.93. The van der Waals surface area contributed by atoms with Gasteiger partial charge in [0.1, 0.15) is 11.2 Å². The molecule has 2 fully saturated rings. The van der Waals surface area contributed by atoms with Crippen molar-refractivity contribution in [2.24, 2.45) is 5.92 Å². The minimum Gasteiger partial charge on any atom is -0.443 e. The van der Waals surface area contributed by atoms with E-state index in [4.69, 9.17) is 14.6 Å². The standard InChI is InChI=1S/C26H36N4O4/c1-25(2,3)33-23(31)29(24(32)34-26(4,5)6)15-17-13-19(14-17)30-16-20(21-9-7-8-12-27-21)22(28-30)18-10-11-18/h7-9,12,16-19H,10-11,13-15H2,1-6H3. The zero-order valence-electron chi connectivity index (χ0n) is 21.1. The second-order valence-corrected chi connectivity index (χ2v) is 11.5. The molecule has 2 aliphatic rings. The van der Waals surface area contributed by atoms with Gasteiger partial charge in [-0.1, -0.05) is 6.07 Å². The lowest BCUT2D eigenvalue weighted by Gasteiger charge is -2.38. The minimum absolute atomic E-state index is 0.164. The summed E-state index contributed by atoms with van der Waals surface area (Å²) in [7, 11) is 0. The number of rotatable bonds is 5. The molecule has 2 aromatic heterocycles. The van der Waals surface area contributed by atoms with Gasteiger partial charge in [-0.2, -0.15) is 5.10 Å². The number of amides is 2. The van der Waals surface area contributed by atoms with Gasteiger partial charge in [0.2, 0.25) is 0 Å². The van der Waals surface area contributed by atoms with Gasteiger partial charge in [-0.3, -0.25) is 9.67 Å². The van der Waals surface area contributed by atoms with Crippen LogP contribution in [0.25, 0.3) is 11.3 Å². The van der Waals surface area contributed by atoms with Gasteiger partial charge in [-0.15, -0.1) is 0 Å². The molecule has 8 heteroatoms. The van der Waals surface area contributed by atoms with Gasteiger partial charge in [-0.25, -0.2) is 14.5 Å². The number of carbonyl (C=O) groups excluding carboxylic acids is 2. The molecule has 2 saturated carbocycles. The molecular weight excluding hydrogens is 432 g/mol. The first-order valence-corrected chi connectivity index (χ1v) is 12.1. The highest BCUT2D eigenvalue weighted by atomic mass is 16.6. The van der Waals surface area contributed by atoms with E-state index in [0.717, 1.165) is 34.7 Å². The molecule has 0 aromatic carbocycles. The average molecular weight is 469 g/mol. The number of nitrogens with zero attached hydrogens (tertiary/aromatic N) is 4. The Bertz CT molecular complexity index is 997. The lowest BCUT2D eigenvalue weighted by atomic mass is 9.80. The topological polar surface area (TPSA) is 86.5 Å². The Morgan fingerprint density at radius 3 is 2.15 bits per heavy atom. The molecule has 0 radical (unpaired) electrons. The molecule has 4 rings (SSSR count). The number of aromatic nitrogens is 3. The summed E-state index contributed by atoms with van der Waals surface area (Å²) in [5.41, 5.74) is 1.79. The number of carbonyl (C=O) groups is 2. The molecule has 0 saturated heterocycles. The van der Waals surface area contributed by atoms with E-state index in [1.165, 1.54) is 12.8 Å². The number of hydrogen-bond acceptors (Lipinski definition) is 6. The summed E-state index contributed by atoms with van der Waals surface area (Å²) in [5.74, 6) is 0.681. The molecule has 0 unspecified atom stereocenters. The van der Waals surface area contributed by atoms with Crippen molar-refractivity contribution in [2.45, 2.75) is 90.4 Å². The van der Waals surface area contributed by atoms with Gasteiger partial charge in [-0.05, 0) is 85.3 Å². The second-order valence-electron chi connectivity index (χ2n) is 11.5. The number of hydrogen-bond donors (Lipinski definition) is 0. The summed E-state index contributed by atoms with van der Waals surface area (Å²) in [6.45, 7) is 11.0. The van der Waals surface area contributed by atoms with E-state index in [-0.39, 0.29) is 18.5 Å². The van der Waals surface area contributed by atoms with Crippen LogP contribution in [0.2, 0.25) is 0 Å². The maximum atomic E-state index is 12.8. The van der Waals surface area contributed by atoms with Crippen LogP contribution in [0.3, 0.4) is 0 Å². The van der Waals surface area contributed by atoms with Gasteiger partial charge in [0.05, 0.1) is 17.4 Å². The summed E-state index contributed by atoms with van der Waals surface area (Å²) in [6, 6.07) is 6.18. The molecular formula is C26H36N4O4. The predicted molar refractivity (Wildman–Crippen MR) is 128 cm³/mol. The van der Waals surface area contributed by atoms with E-state index in [9.17, 15) is 9.59 Å². The third kappa shape index (κ3) is 5.96. The number of pyridine rings is 1. The Morgan fingerprint density at radius 1 is 1.03 bits per heavy atom. The zero-order valence-corrected chi connectivity index (χ0v) is 21.1. The highest BCUT2D eigenvalue weighted by molar-refractivity contribution is 5.88. The number of ether oxygens (including phenoxy) is 2. The Kier molecular flexibility index (Phi) is 6.44. The summed E-state index contributed by atoms with van der Waals surface area (Å²) >= 11 is 0. The van der Waals surface area contributed by atoms with Gasteiger partial charge in [0, 0.05) is 30.4 Å². The van der Waals surface area contributed by atoms with Gasteiger partial charge in [0.15, 0.2) is 0 Å². The van der Waals surface area contributed by atoms with E-state index in [1.807, 2.05) is 24.4 Å². The van der Waals surface area contributed by atoms with E-state index in [2.05, 4.69) is 15.9 Å². The molecule has 0 bridgehead atoms. The predicted octanol–water partition coefficient (Wildman–Crippen LogP) is 5.95. The van der Waals surface area contributed by atoms with Crippen LogP contribution in [0.15, 0.2) is 30.6 Å². The van der Waals surface area contributed by atoms with Crippen LogP contribution in [0, 0.1) is 5.92 Å². The molecule has 184 valence electrons. The monoisotopic (exact) mass is 468 g/mol. The lowest BCUT2D eigenvalue weighted by Crippen LogP contribution is -2.47. The van der Waals surface area contributed by atoms with E-state index in [1.54, 1.807) is 41.5 Å². The summed E-state index contributed by atoms with van der Waals surface area (Å²) in [4.78, 5) is 31.2. The number of imide groups is 1. The van der Waals surface area contributed by atoms with Crippen molar-refractivity contribution >= 4 is 12.2 Å². The SMILES string of the molecule is CC(C)(C)OC(=O)N(CC1CC(n2cc(-c3ccccn3)c(C3CC3)n2)C1)C(=O)OC(C)(C)C. The maximum Gasteiger partial charge on any atom is 0.419 e. The Balaban J connectivity index is 1.44. The van der Waals surface area contributed by atoms with Gasteiger partial charge in [0.25, 0.3) is 0 Å². The molecule has 0 atom stereocenters. The first-order valence-electron chi connectivity index (χ1n) is 12.1. The van der Waals surface area contributed by atoms with E-state index < -0.39 is 23.4 Å². The molecule has 2 aromatic rings. The fraction of sp³-hybridized carbons (Fsp3) is 0.615. The Labute approximate surface area is 201 Å². The Hall–Kier alpha value is -2.90. The summed E-state index contributed by atoms with van der Waals surface area (Å²) < 4.78 is 13.0. The highest BCUT2D eigenvalue weighted by Gasteiger charge is 2.39. The van der Waals surface area contributed by atoms with Crippen LogP contribution < -0.4 is 0 Å². The normalized spacial score (nSPS) is 20.4. The van der Waals surface area contributed by atoms with Crippen molar-refractivity contribution in [3.8, 4) is 11.3 Å². The first-order chi connectivity index (χ1) is 15.9. The van der Waals surface area contributed by atoms with Gasteiger partial charge < -0.3 is 9.47 Å². The van der Waals surface area contributed by atoms with Gasteiger partial charge >= 0.3 is 12.2 Å². The highest BCUT2D eigenvalue weighted by Crippen LogP contribution is 2.45. The molecule has 8 nitrogen and oxygen atoms in total. The van der Waals surface area contributed by atoms with Crippen LogP contribution in [0.4, 0.5) is 9.59 Å². The van der Waals surface area contributed by atoms with Crippen molar-refractivity contribution < 1.29 is 19.1 Å². The fourth-order valence-electron chi connectivity index (χ4n) is 4.15. The molecule has 2 amide bonds. The zero-order chi connectivity index (χ0) is 24.7. The molecule has 0 N–H and O–H groups in total. The van der Waals surface area contributed by atoms with Crippen LogP contribution in [-0.2, 0) is 9.47 Å². The molecule has 2 aliphatic carbocycles. The van der Waals surface area contributed by atoms with Crippen molar-refractivity contribution in [3.63, 3.8) is 0 Å². The molecule has 0 aliphatic heterocycles. The van der Waals surface area contributed by atoms with Crippen LogP contribution in [-0.4, -0.2) is 49.6 Å². The lowest BCUT2D eigenvalue weighted by molar-refractivity contribution is -0.00641. The van der Waals surface area contributed by atoms with Crippen molar-refractivity contribution in [3.05, 3.63) is 36.3 Å². The largest absolute Gasteiger partial charge is 0.443 e. The van der Waals surface area contributed by atoms with Crippen LogP contribution in [0.5, 0.6) is 0 Å². The smallest absolute Gasteiger partial charge is 0.419 e. The minimum atomic E-state index is -0.699. The van der Waals surface area contributed by atoms with Crippen molar-refractivity contribution in [1.29, 1.82) is 0 Å². The van der Waals surface area contributed by atoms with E-state index >= 15 is 0 Å². The average Bonchev–Trinajstić information content (AvgIpc) is 3.44. The fourth-order valence-corrected chi connectivity index (χ4v) is 4.15. The quantitative estimate of drug-likeness (QED) is 0.539. The Morgan fingerprint density at radius 2 is 1.65 bits per heavy atom. The van der Waals surface area contributed by atoms with Crippen LogP contribution in [0.1, 0.15) is 84.9 Å². The first kappa shape index (κ1) is 24.2. The third-order valence-electron chi connectivity index (χ3n) is 5.92. The summed E-state index contributed by atoms with van der Waals surface area (Å²) in [6.07, 6.45) is 6.58. The van der Waals surface area contributed by atoms with Crippen molar-refractivity contribution in [1.82, 2.24) is 19.7 Å². The molecule has 2 heterocycles. The molecule has 34 heavy (non-hydrogen) atoms.